The molecular weight excluding hydrogens is 839 g/mol. The first-order valence-corrected chi connectivity index (χ1v) is 23.7. The fraction of sp³-hybridized carbons (Fsp3) is 0.549. The van der Waals surface area contributed by atoms with E-state index in [0.717, 1.165) is 51.1 Å². The third kappa shape index (κ3) is 9.58. The molecule has 0 spiro atoms. The number of likely N-dealkylation sites (N-methyl/N-ethyl adjacent to an activating group) is 1. The number of morpholine rings is 1. The number of nitrogens with one attached hydrogen (secondary N) is 2. The van der Waals surface area contributed by atoms with Gasteiger partial charge in [0.25, 0.3) is 5.91 Å². The van der Waals surface area contributed by atoms with Crippen molar-refractivity contribution >= 4 is 34.6 Å². The topological polar surface area (TPSA) is 168 Å². The molecule has 66 heavy (non-hydrogen) atoms. The molecule has 4 aliphatic heterocycles. The number of rotatable bonds is 9. The Hall–Kier alpha value is -5.35. The van der Waals surface area contributed by atoms with Crippen LogP contribution in [-0.4, -0.2) is 131 Å². The fourth-order valence-corrected chi connectivity index (χ4v) is 10.7. The van der Waals surface area contributed by atoms with Gasteiger partial charge < -0.3 is 34.1 Å². The summed E-state index contributed by atoms with van der Waals surface area (Å²) in [6, 6.07) is 13.0. The fourth-order valence-electron chi connectivity index (χ4n) is 10.7. The number of phenols is 1. The first-order chi connectivity index (χ1) is 31.6. The number of cyclic esters (lactones) is 1. The van der Waals surface area contributed by atoms with Gasteiger partial charge >= 0.3 is 5.97 Å². The molecule has 15 nitrogen and oxygen atoms in total. The summed E-state index contributed by atoms with van der Waals surface area (Å²) < 4.78 is 19.9. The lowest BCUT2D eigenvalue weighted by atomic mass is 9.84. The van der Waals surface area contributed by atoms with Crippen LogP contribution in [0.4, 0.5) is 0 Å². The lowest BCUT2D eigenvalue weighted by Gasteiger charge is -2.37. The second-order valence-corrected chi connectivity index (χ2v) is 19.8. The molecule has 3 saturated heterocycles. The van der Waals surface area contributed by atoms with Gasteiger partial charge in [0.1, 0.15) is 23.9 Å². The van der Waals surface area contributed by atoms with Crippen LogP contribution in [0.5, 0.6) is 5.75 Å². The summed E-state index contributed by atoms with van der Waals surface area (Å²) in [6.45, 7) is 15.8. The maximum absolute atomic E-state index is 14.8. The number of hydrogen-bond donors (Lipinski definition) is 3. The molecule has 354 valence electrons. The van der Waals surface area contributed by atoms with Crippen LogP contribution in [0.2, 0.25) is 0 Å². The third-order valence-electron chi connectivity index (χ3n) is 14.1. The standard InChI is InChI=1S/C51H67N7O8/c1-9-57-43-15-14-33-25-39(43)40(46(57)38-12-10-16-52-44(38)31(4)64-8)26-51(5,6)29-66-50(63)41-13-11-17-58(54-41)49(62)42(22-32-20-34(33)24-37(59)21-32)53-47(60)45(30(2)3)55(7)48(61)35-23-36-28-65-19-18-56(36)27-35/h10,12,14-16,20-21,24-25,30-31,35-36,41-42,45,54,59H,9,11,13,17-19,22-23,26-29H2,1-8H3,(H,53,60)/t31-,35-,36+,41-,42-,45?/m0/s1. The summed E-state index contributed by atoms with van der Waals surface area (Å²) >= 11 is 0. The SMILES string of the molecule is CCn1c(-c2cccnc2[C@H](C)OC)c2c3cc(ccc31)-c1cc(O)cc(c1)C[C@H](NC(=O)C(C(C)C)N(C)C(=O)[C@H]1C[C@@H]3COCCN3C1)C(=O)N1CCC[C@H](N1)C(=O)OCC(C)(C)C2. The molecule has 6 atom stereocenters. The van der Waals surface area contributed by atoms with Gasteiger partial charge in [-0.3, -0.25) is 34.1 Å². The molecule has 3 fully saturated rings. The van der Waals surface area contributed by atoms with Crippen molar-refractivity contribution in [2.45, 2.75) is 110 Å². The summed E-state index contributed by atoms with van der Waals surface area (Å²) in [5.74, 6) is -2.00. The number of phenolic OH excluding ortho intramolecular Hbond substituents is 1. The average molecular weight is 906 g/mol. The van der Waals surface area contributed by atoms with Crippen LogP contribution >= 0.6 is 0 Å². The number of carbonyl (C=O) groups is 4. The van der Waals surface area contributed by atoms with Gasteiger partial charge in [0.2, 0.25) is 11.8 Å². The van der Waals surface area contributed by atoms with Crippen LogP contribution in [0.25, 0.3) is 33.3 Å². The van der Waals surface area contributed by atoms with E-state index in [9.17, 15) is 24.3 Å². The van der Waals surface area contributed by atoms with Crippen molar-refractivity contribution in [1.29, 1.82) is 0 Å². The minimum absolute atomic E-state index is 0.0128. The number of aromatic hydroxyl groups is 1. The van der Waals surface area contributed by atoms with Crippen LogP contribution in [0.15, 0.2) is 54.7 Å². The second kappa shape index (κ2) is 19.5. The van der Waals surface area contributed by atoms with Gasteiger partial charge in [-0.2, -0.15) is 0 Å². The number of methoxy groups -OCH3 is 1. The Morgan fingerprint density at radius 2 is 1.89 bits per heavy atom. The van der Waals surface area contributed by atoms with Crippen LogP contribution in [-0.2, 0) is 52.8 Å². The van der Waals surface area contributed by atoms with Crippen molar-refractivity contribution in [2.24, 2.45) is 17.3 Å². The first-order valence-electron chi connectivity index (χ1n) is 23.7. The number of pyridine rings is 1. The number of carbonyl (C=O) groups excluding carboxylic acids is 4. The highest BCUT2D eigenvalue weighted by Gasteiger charge is 2.43. The zero-order valence-electron chi connectivity index (χ0n) is 39.8. The molecule has 3 amide bonds. The lowest BCUT2D eigenvalue weighted by Crippen LogP contribution is -2.62. The van der Waals surface area contributed by atoms with E-state index < -0.39 is 41.3 Å². The number of aromatic nitrogens is 2. The quantitative estimate of drug-likeness (QED) is 0.178. The molecule has 3 N–H and O–H groups in total. The molecule has 1 unspecified atom stereocenters. The molecule has 6 bridgehead atoms. The van der Waals surface area contributed by atoms with Crippen molar-refractivity contribution in [3.63, 3.8) is 0 Å². The Balaban J connectivity index is 1.19. The first kappa shape index (κ1) is 47.2. The monoisotopic (exact) mass is 906 g/mol. The Labute approximate surface area is 388 Å². The number of nitrogens with zero attached hydrogens (tertiary/aromatic N) is 5. The Bertz CT molecular complexity index is 2450. The van der Waals surface area contributed by atoms with E-state index in [4.69, 9.17) is 19.2 Å². The second-order valence-electron chi connectivity index (χ2n) is 19.8. The van der Waals surface area contributed by atoms with E-state index in [1.807, 2.05) is 39.0 Å². The largest absolute Gasteiger partial charge is 0.508 e. The normalized spacial score (nSPS) is 23.5. The summed E-state index contributed by atoms with van der Waals surface area (Å²) in [5, 5.41) is 16.8. The predicted molar refractivity (Wildman–Crippen MR) is 251 cm³/mol. The lowest BCUT2D eigenvalue weighted by molar-refractivity contribution is -0.155. The van der Waals surface area contributed by atoms with E-state index in [1.165, 1.54) is 5.01 Å². The number of esters is 1. The molecule has 0 radical (unpaired) electrons. The molecule has 15 heteroatoms. The van der Waals surface area contributed by atoms with Crippen molar-refractivity contribution in [3.8, 4) is 28.1 Å². The molecule has 2 aromatic carbocycles. The van der Waals surface area contributed by atoms with E-state index in [0.29, 0.717) is 64.1 Å². The van der Waals surface area contributed by atoms with Crippen molar-refractivity contribution in [1.82, 2.24) is 35.1 Å². The zero-order valence-corrected chi connectivity index (χ0v) is 39.8. The van der Waals surface area contributed by atoms with Gasteiger partial charge in [-0.1, -0.05) is 39.8 Å². The van der Waals surface area contributed by atoms with E-state index in [2.05, 4.69) is 59.2 Å². The highest BCUT2D eigenvalue weighted by atomic mass is 16.5. The zero-order chi connectivity index (χ0) is 47.0. The predicted octanol–water partition coefficient (Wildman–Crippen LogP) is 5.66. The minimum Gasteiger partial charge on any atom is -0.508 e. The van der Waals surface area contributed by atoms with Crippen molar-refractivity contribution < 1.29 is 38.5 Å². The van der Waals surface area contributed by atoms with Crippen LogP contribution in [0.3, 0.4) is 0 Å². The number of benzene rings is 2. The summed E-state index contributed by atoms with van der Waals surface area (Å²) in [5.41, 5.74) is 9.72. The van der Waals surface area contributed by atoms with Gasteiger partial charge in [-0.05, 0) is 104 Å². The molecule has 4 aromatic rings. The number of hydrogen-bond acceptors (Lipinski definition) is 11. The Kier molecular flexibility index (Phi) is 13.9. The molecule has 6 heterocycles. The highest BCUT2D eigenvalue weighted by molar-refractivity contribution is 5.96. The number of amides is 3. The van der Waals surface area contributed by atoms with E-state index in [1.54, 1.807) is 37.4 Å². The maximum Gasteiger partial charge on any atom is 0.324 e. The summed E-state index contributed by atoms with van der Waals surface area (Å²) in [6.07, 6.45) is 3.75. The van der Waals surface area contributed by atoms with E-state index in [-0.39, 0.29) is 48.7 Å². The number of fused-ring (bicyclic) bond motifs is 7. The van der Waals surface area contributed by atoms with Gasteiger partial charge in [-0.15, -0.1) is 0 Å². The van der Waals surface area contributed by atoms with Gasteiger partial charge in [-0.25, -0.2) is 5.43 Å². The van der Waals surface area contributed by atoms with Gasteiger partial charge in [0.05, 0.1) is 43.2 Å². The van der Waals surface area contributed by atoms with Gasteiger partial charge in [0, 0.05) is 80.9 Å². The third-order valence-corrected chi connectivity index (χ3v) is 14.1. The maximum atomic E-state index is 14.8. The number of ether oxygens (including phenoxy) is 3. The number of hydrazine groups is 1. The number of aryl methyl sites for hydroxylation is 1. The average Bonchev–Trinajstić information content (AvgIpc) is 3.87. The summed E-state index contributed by atoms with van der Waals surface area (Å²) in [7, 11) is 3.35. The molecule has 8 rings (SSSR count). The van der Waals surface area contributed by atoms with Crippen molar-refractivity contribution in [3.05, 3.63) is 71.5 Å². The molecular formula is C51H67N7O8. The van der Waals surface area contributed by atoms with Gasteiger partial charge in [0.15, 0.2) is 0 Å². The molecule has 0 saturated carbocycles. The van der Waals surface area contributed by atoms with Crippen molar-refractivity contribution in [2.75, 3.05) is 53.6 Å². The smallest absolute Gasteiger partial charge is 0.324 e. The molecule has 0 aliphatic carbocycles. The Morgan fingerprint density at radius 1 is 1.09 bits per heavy atom. The molecule has 4 aliphatic rings. The van der Waals surface area contributed by atoms with E-state index >= 15 is 0 Å². The van der Waals surface area contributed by atoms with Crippen LogP contribution in [0.1, 0.15) is 83.7 Å². The summed E-state index contributed by atoms with van der Waals surface area (Å²) in [4.78, 5) is 66.0. The van der Waals surface area contributed by atoms with Crippen LogP contribution < -0.4 is 10.7 Å². The minimum atomic E-state index is -1.12. The van der Waals surface area contributed by atoms with Crippen LogP contribution in [0, 0.1) is 17.3 Å². The highest BCUT2D eigenvalue weighted by Crippen LogP contribution is 2.42. The molecule has 2 aromatic heterocycles. The Morgan fingerprint density at radius 3 is 2.64 bits per heavy atom.